The van der Waals surface area contributed by atoms with Gasteiger partial charge in [0, 0.05) is 25.1 Å². The maximum absolute atomic E-state index is 6.20. The number of aryl methyl sites for hydroxylation is 3. The lowest BCUT2D eigenvalue weighted by Crippen LogP contribution is -2.16. The first-order valence-corrected chi connectivity index (χ1v) is 6.27. The average molecular weight is 298 g/mol. The van der Waals surface area contributed by atoms with Crippen LogP contribution in [0, 0.1) is 13.8 Å². The monoisotopic (exact) mass is 297 g/mol. The molecule has 0 aliphatic carbocycles. The molecule has 2 rings (SSSR count). The lowest BCUT2D eigenvalue weighted by Gasteiger charge is -2.11. The molecule has 1 unspecified atom stereocenters. The number of rotatable bonds is 3. The predicted molar refractivity (Wildman–Crippen MR) is 69.7 cm³/mol. The van der Waals surface area contributed by atoms with Crippen molar-refractivity contribution in [1.82, 2.24) is 9.78 Å². The van der Waals surface area contributed by atoms with E-state index in [-0.39, 0.29) is 6.04 Å². The molecular formula is C12H16BrN3O. The van der Waals surface area contributed by atoms with Crippen molar-refractivity contribution in [2.24, 2.45) is 12.8 Å². The van der Waals surface area contributed by atoms with Crippen molar-refractivity contribution in [3.8, 4) is 0 Å². The van der Waals surface area contributed by atoms with Crippen LogP contribution in [0.3, 0.4) is 0 Å². The fourth-order valence-electron chi connectivity index (χ4n) is 2.00. The summed E-state index contributed by atoms with van der Waals surface area (Å²) in [6.07, 6.45) is 2.41. The van der Waals surface area contributed by atoms with E-state index in [4.69, 9.17) is 10.2 Å². The lowest BCUT2D eigenvalue weighted by atomic mass is 10.0. The minimum absolute atomic E-state index is 0.0696. The minimum Gasteiger partial charge on any atom is -0.469 e. The molecule has 1 atom stereocenters. The number of furan rings is 1. The molecule has 17 heavy (non-hydrogen) atoms. The molecule has 0 spiro atoms. The highest BCUT2D eigenvalue weighted by molar-refractivity contribution is 9.10. The summed E-state index contributed by atoms with van der Waals surface area (Å²) >= 11 is 3.55. The molecule has 2 heterocycles. The van der Waals surface area contributed by atoms with E-state index in [1.807, 2.05) is 31.6 Å². The molecule has 0 amide bonds. The van der Waals surface area contributed by atoms with Gasteiger partial charge in [-0.05, 0) is 35.8 Å². The van der Waals surface area contributed by atoms with E-state index in [0.717, 1.165) is 33.6 Å². The van der Waals surface area contributed by atoms with E-state index < -0.39 is 0 Å². The van der Waals surface area contributed by atoms with Gasteiger partial charge in [0.15, 0.2) is 0 Å². The molecule has 4 nitrogen and oxygen atoms in total. The summed E-state index contributed by atoms with van der Waals surface area (Å²) in [6, 6.07) is 1.86. The van der Waals surface area contributed by atoms with Crippen molar-refractivity contribution in [2.75, 3.05) is 0 Å². The van der Waals surface area contributed by atoms with Crippen LogP contribution >= 0.6 is 15.9 Å². The van der Waals surface area contributed by atoms with E-state index in [2.05, 4.69) is 21.0 Å². The van der Waals surface area contributed by atoms with E-state index in [0.29, 0.717) is 0 Å². The Labute approximate surface area is 109 Å². The van der Waals surface area contributed by atoms with Gasteiger partial charge in [0.05, 0.1) is 22.1 Å². The first kappa shape index (κ1) is 12.4. The van der Waals surface area contributed by atoms with Crippen LogP contribution in [0.15, 0.2) is 21.2 Å². The Bertz CT molecular complexity index is 530. The largest absolute Gasteiger partial charge is 0.469 e. The zero-order chi connectivity index (χ0) is 12.6. The average Bonchev–Trinajstić information content (AvgIpc) is 2.78. The predicted octanol–water partition coefficient (Wildman–Crippen LogP) is 2.63. The van der Waals surface area contributed by atoms with Gasteiger partial charge in [-0.2, -0.15) is 5.10 Å². The van der Waals surface area contributed by atoms with Crippen LogP contribution in [-0.2, 0) is 13.5 Å². The molecule has 0 aliphatic heterocycles. The van der Waals surface area contributed by atoms with Crippen LogP contribution in [0.4, 0.5) is 0 Å². The molecule has 0 saturated carbocycles. The van der Waals surface area contributed by atoms with Crippen molar-refractivity contribution >= 4 is 15.9 Å². The quantitative estimate of drug-likeness (QED) is 0.947. The molecule has 0 aliphatic rings. The van der Waals surface area contributed by atoms with Crippen LogP contribution in [0.2, 0.25) is 0 Å². The molecule has 2 N–H and O–H groups in total. The van der Waals surface area contributed by atoms with Crippen molar-refractivity contribution in [3.63, 3.8) is 0 Å². The number of hydrogen-bond donors (Lipinski definition) is 1. The third-order valence-corrected chi connectivity index (χ3v) is 4.00. The summed E-state index contributed by atoms with van der Waals surface area (Å²) in [5.74, 6) is 0.882. The van der Waals surface area contributed by atoms with Gasteiger partial charge in [-0.1, -0.05) is 0 Å². The number of halogens is 1. The summed E-state index contributed by atoms with van der Waals surface area (Å²) in [5.41, 5.74) is 9.34. The molecule has 0 fully saturated rings. The Hall–Kier alpha value is -1.07. The van der Waals surface area contributed by atoms with Gasteiger partial charge in [0.25, 0.3) is 0 Å². The highest BCUT2D eigenvalue weighted by atomic mass is 79.9. The second-order valence-corrected chi connectivity index (χ2v) is 5.01. The normalized spacial score (nSPS) is 13.0. The first-order chi connectivity index (χ1) is 8.00. The minimum atomic E-state index is -0.0696. The molecule has 0 bridgehead atoms. The first-order valence-electron chi connectivity index (χ1n) is 5.48. The Kier molecular flexibility index (Phi) is 3.40. The van der Waals surface area contributed by atoms with E-state index in [1.54, 1.807) is 6.26 Å². The van der Waals surface area contributed by atoms with Crippen LogP contribution < -0.4 is 5.73 Å². The van der Waals surface area contributed by atoms with E-state index >= 15 is 0 Å². The summed E-state index contributed by atoms with van der Waals surface area (Å²) in [5, 5.41) is 4.36. The number of nitrogens with zero attached hydrogens (tertiary/aromatic N) is 2. The molecule has 92 valence electrons. The van der Waals surface area contributed by atoms with Gasteiger partial charge in [-0.15, -0.1) is 0 Å². The molecule has 2 aromatic heterocycles. The number of aromatic nitrogens is 2. The molecule has 0 saturated heterocycles. The fourth-order valence-corrected chi connectivity index (χ4v) is 2.50. The van der Waals surface area contributed by atoms with Crippen molar-refractivity contribution in [2.45, 2.75) is 26.3 Å². The molecular weight excluding hydrogens is 282 g/mol. The van der Waals surface area contributed by atoms with Gasteiger partial charge in [-0.3, -0.25) is 4.68 Å². The van der Waals surface area contributed by atoms with Crippen molar-refractivity contribution in [1.29, 1.82) is 0 Å². The van der Waals surface area contributed by atoms with Crippen LogP contribution in [-0.4, -0.2) is 9.78 Å². The second kappa shape index (κ2) is 4.66. The zero-order valence-electron chi connectivity index (χ0n) is 10.2. The number of hydrogen-bond acceptors (Lipinski definition) is 3. The van der Waals surface area contributed by atoms with Crippen molar-refractivity contribution < 1.29 is 4.42 Å². The van der Waals surface area contributed by atoms with Gasteiger partial charge < -0.3 is 10.2 Å². The highest BCUT2D eigenvalue weighted by Gasteiger charge is 2.17. The Morgan fingerprint density at radius 1 is 1.53 bits per heavy atom. The third kappa shape index (κ3) is 2.30. The van der Waals surface area contributed by atoms with Crippen LogP contribution in [0.25, 0.3) is 0 Å². The lowest BCUT2D eigenvalue weighted by molar-refractivity contribution is 0.522. The van der Waals surface area contributed by atoms with Crippen molar-refractivity contribution in [3.05, 3.63) is 39.5 Å². The summed E-state index contributed by atoms with van der Waals surface area (Å²) in [4.78, 5) is 0. The van der Waals surface area contributed by atoms with Gasteiger partial charge in [0.1, 0.15) is 5.76 Å². The molecule has 0 radical (unpaired) electrons. The van der Waals surface area contributed by atoms with E-state index in [9.17, 15) is 0 Å². The highest BCUT2D eigenvalue weighted by Crippen LogP contribution is 2.26. The van der Waals surface area contributed by atoms with Crippen LogP contribution in [0.5, 0.6) is 0 Å². The Balaban J connectivity index is 2.24. The Morgan fingerprint density at radius 2 is 2.24 bits per heavy atom. The Morgan fingerprint density at radius 3 is 2.71 bits per heavy atom. The zero-order valence-corrected chi connectivity index (χ0v) is 11.8. The summed E-state index contributed by atoms with van der Waals surface area (Å²) in [7, 11) is 1.93. The van der Waals surface area contributed by atoms with Crippen LogP contribution in [0.1, 0.15) is 28.8 Å². The maximum atomic E-state index is 6.20. The summed E-state index contributed by atoms with van der Waals surface area (Å²) < 4.78 is 8.18. The van der Waals surface area contributed by atoms with Gasteiger partial charge in [-0.25, -0.2) is 0 Å². The molecule has 5 heteroatoms. The standard InChI is InChI=1S/C12H16BrN3O/c1-7-12(13)11(16(3)15-7)6-10(14)9-4-5-17-8(9)2/h4-5,10H,6,14H2,1-3H3. The topological polar surface area (TPSA) is 57.0 Å². The van der Waals surface area contributed by atoms with Gasteiger partial charge in [0.2, 0.25) is 0 Å². The summed E-state index contributed by atoms with van der Waals surface area (Å²) in [6.45, 7) is 3.90. The smallest absolute Gasteiger partial charge is 0.105 e. The van der Waals surface area contributed by atoms with E-state index in [1.165, 1.54) is 0 Å². The third-order valence-electron chi connectivity index (χ3n) is 2.97. The molecule has 2 aromatic rings. The maximum Gasteiger partial charge on any atom is 0.105 e. The number of nitrogens with two attached hydrogens (primary N) is 1. The fraction of sp³-hybridized carbons (Fsp3) is 0.417. The SMILES string of the molecule is Cc1nn(C)c(CC(N)c2ccoc2C)c1Br. The van der Waals surface area contributed by atoms with Gasteiger partial charge >= 0.3 is 0 Å². The second-order valence-electron chi connectivity index (χ2n) is 4.21. The molecule has 0 aromatic carbocycles.